The molecule has 0 aliphatic heterocycles. The summed E-state index contributed by atoms with van der Waals surface area (Å²) in [5.41, 5.74) is -0.481. The van der Waals surface area contributed by atoms with Gasteiger partial charge in [-0.15, -0.1) is 0 Å². The third kappa shape index (κ3) is 3.74. The summed E-state index contributed by atoms with van der Waals surface area (Å²) >= 11 is 0. The zero-order chi connectivity index (χ0) is 14.8. The maximum Gasteiger partial charge on any atom is 0.216 e. The van der Waals surface area contributed by atoms with E-state index in [1.807, 2.05) is 0 Å². The van der Waals surface area contributed by atoms with Crippen LogP contribution in [0, 0.1) is 11.6 Å². The third-order valence-electron chi connectivity index (χ3n) is 3.46. The predicted octanol–water partition coefficient (Wildman–Crippen LogP) is 1.69. The highest BCUT2D eigenvalue weighted by atomic mass is 32.2. The van der Waals surface area contributed by atoms with Crippen LogP contribution in [0.3, 0.4) is 0 Å². The van der Waals surface area contributed by atoms with Crippen molar-refractivity contribution in [3.8, 4) is 0 Å². The van der Waals surface area contributed by atoms with Gasteiger partial charge in [0.05, 0.1) is 11.9 Å². The quantitative estimate of drug-likeness (QED) is 0.889. The summed E-state index contributed by atoms with van der Waals surface area (Å²) in [6.45, 7) is 0. The molecule has 2 atom stereocenters. The minimum Gasteiger partial charge on any atom is -0.391 e. The number of aliphatic hydroxyl groups excluding tert-OH is 1. The van der Waals surface area contributed by atoms with Gasteiger partial charge in [0.1, 0.15) is 11.6 Å². The van der Waals surface area contributed by atoms with Crippen molar-refractivity contribution < 1.29 is 22.3 Å². The number of aliphatic hydroxyl groups is 1. The Morgan fingerprint density at radius 1 is 1.20 bits per heavy atom. The molecule has 1 aliphatic rings. The van der Waals surface area contributed by atoms with Crippen LogP contribution >= 0.6 is 0 Å². The number of nitrogens with one attached hydrogen (secondary N) is 1. The fourth-order valence-electron chi connectivity index (χ4n) is 2.38. The maximum atomic E-state index is 13.5. The molecule has 1 aromatic carbocycles. The van der Waals surface area contributed by atoms with Crippen molar-refractivity contribution in [3.05, 3.63) is 35.4 Å². The van der Waals surface area contributed by atoms with E-state index in [-0.39, 0.29) is 0 Å². The van der Waals surface area contributed by atoms with Crippen LogP contribution < -0.4 is 4.72 Å². The largest absolute Gasteiger partial charge is 0.391 e. The zero-order valence-electron chi connectivity index (χ0n) is 10.9. The summed E-state index contributed by atoms with van der Waals surface area (Å²) in [6, 6.07) is 2.63. The number of rotatable bonds is 4. The molecule has 2 rings (SSSR count). The van der Waals surface area contributed by atoms with Gasteiger partial charge in [0, 0.05) is 11.6 Å². The molecule has 1 aromatic rings. The van der Waals surface area contributed by atoms with Crippen molar-refractivity contribution in [2.24, 2.45) is 0 Å². The van der Waals surface area contributed by atoms with Crippen LogP contribution in [0.5, 0.6) is 0 Å². The minimum atomic E-state index is -3.90. The summed E-state index contributed by atoms with van der Waals surface area (Å²) in [6.07, 6.45) is 1.98. The van der Waals surface area contributed by atoms with Gasteiger partial charge in [0.2, 0.25) is 10.0 Å². The molecule has 0 amide bonds. The van der Waals surface area contributed by atoms with E-state index in [1.165, 1.54) is 6.07 Å². The van der Waals surface area contributed by atoms with Crippen molar-refractivity contribution in [2.75, 3.05) is 0 Å². The van der Waals surface area contributed by atoms with E-state index >= 15 is 0 Å². The number of sulfonamides is 1. The Hall–Kier alpha value is -1.05. The van der Waals surface area contributed by atoms with Gasteiger partial charge in [-0.1, -0.05) is 18.9 Å². The second-order valence-corrected chi connectivity index (χ2v) is 6.79. The topological polar surface area (TPSA) is 66.4 Å². The summed E-state index contributed by atoms with van der Waals surface area (Å²) in [5, 5.41) is 9.73. The Balaban J connectivity index is 2.11. The Morgan fingerprint density at radius 3 is 2.40 bits per heavy atom. The molecule has 0 aromatic heterocycles. The van der Waals surface area contributed by atoms with Crippen molar-refractivity contribution in [3.63, 3.8) is 0 Å². The van der Waals surface area contributed by atoms with E-state index in [4.69, 9.17) is 0 Å². The SMILES string of the molecule is O=S(=O)(Cc1c(F)cccc1F)NC1CCCCC1O. The molecular formula is C13H17F2NO3S. The smallest absolute Gasteiger partial charge is 0.216 e. The van der Waals surface area contributed by atoms with Gasteiger partial charge in [-0.25, -0.2) is 21.9 Å². The molecular weight excluding hydrogens is 288 g/mol. The molecule has 0 spiro atoms. The monoisotopic (exact) mass is 305 g/mol. The second kappa shape index (κ2) is 6.15. The van der Waals surface area contributed by atoms with Crippen molar-refractivity contribution in [1.29, 1.82) is 0 Å². The Kier molecular flexibility index (Phi) is 4.72. The lowest BCUT2D eigenvalue weighted by Crippen LogP contribution is -2.45. The summed E-state index contributed by atoms with van der Waals surface area (Å²) in [4.78, 5) is 0. The van der Waals surface area contributed by atoms with E-state index in [0.717, 1.165) is 25.0 Å². The van der Waals surface area contributed by atoms with Gasteiger partial charge in [-0.3, -0.25) is 0 Å². The van der Waals surface area contributed by atoms with Crippen LogP contribution in [-0.2, 0) is 15.8 Å². The molecule has 7 heteroatoms. The predicted molar refractivity (Wildman–Crippen MR) is 70.4 cm³/mol. The van der Waals surface area contributed by atoms with Crippen LogP contribution in [0.1, 0.15) is 31.2 Å². The average molecular weight is 305 g/mol. The van der Waals surface area contributed by atoms with E-state index in [9.17, 15) is 22.3 Å². The molecule has 2 unspecified atom stereocenters. The summed E-state index contributed by atoms with van der Waals surface area (Å²) < 4.78 is 53.2. The molecule has 1 saturated carbocycles. The molecule has 0 heterocycles. The van der Waals surface area contributed by atoms with Gasteiger partial charge in [-0.2, -0.15) is 0 Å². The Labute approximate surface area is 116 Å². The molecule has 1 fully saturated rings. The second-order valence-electron chi connectivity index (χ2n) is 5.04. The summed E-state index contributed by atoms with van der Waals surface area (Å²) in [7, 11) is -3.90. The molecule has 0 radical (unpaired) electrons. The van der Waals surface area contributed by atoms with Gasteiger partial charge in [0.25, 0.3) is 0 Å². The van der Waals surface area contributed by atoms with Gasteiger partial charge < -0.3 is 5.11 Å². The normalized spacial score (nSPS) is 23.8. The molecule has 112 valence electrons. The summed E-state index contributed by atoms with van der Waals surface area (Å²) in [5.74, 6) is -2.55. The standard InChI is InChI=1S/C13H17F2NO3S/c14-10-4-3-5-11(15)9(10)8-20(18,19)16-12-6-1-2-7-13(12)17/h3-5,12-13,16-17H,1-2,6-8H2. The average Bonchev–Trinajstić information content (AvgIpc) is 2.37. The molecule has 0 bridgehead atoms. The number of halogens is 2. The molecule has 1 aliphatic carbocycles. The van der Waals surface area contributed by atoms with E-state index in [1.54, 1.807) is 0 Å². The van der Waals surface area contributed by atoms with Gasteiger partial charge >= 0.3 is 0 Å². The maximum absolute atomic E-state index is 13.5. The van der Waals surface area contributed by atoms with Crippen LogP contribution in [0.4, 0.5) is 8.78 Å². The molecule has 0 saturated heterocycles. The van der Waals surface area contributed by atoms with E-state index in [0.29, 0.717) is 12.8 Å². The number of hydrogen-bond donors (Lipinski definition) is 2. The fourth-order valence-corrected chi connectivity index (χ4v) is 3.86. The lowest BCUT2D eigenvalue weighted by molar-refractivity contribution is 0.101. The highest BCUT2D eigenvalue weighted by molar-refractivity contribution is 7.88. The van der Waals surface area contributed by atoms with Crippen molar-refractivity contribution in [1.82, 2.24) is 4.72 Å². The van der Waals surface area contributed by atoms with E-state index < -0.39 is 45.1 Å². The van der Waals surface area contributed by atoms with Crippen LogP contribution in [0.25, 0.3) is 0 Å². The van der Waals surface area contributed by atoms with Crippen LogP contribution in [0.2, 0.25) is 0 Å². The van der Waals surface area contributed by atoms with Crippen molar-refractivity contribution >= 4 is 10.0 Å². The zero-order valence-corrected chi connectivity index (χ0v) is 11.7. The van der Waals surface area contributed by atoms with Gasteiger partial charge in [0.15, 0.2) is 0 Å². The van der Waals surface area contributed by atoms with Gasteiger partial charge in [-0.05, 0) is 25.0 Å². The first kappa shape index (κ1) is 15.3. The first-order valence-electron chi connectivity index (χ1n) is 6.50. The van der Waals surface area contributed by atoms with E-state index in [2.05, 4.69) is 4.72 Å². The first-order chi connectivity index (χ1) is 9.39. The lowest BCUT2D eigenvalue weighted by atomic mass is 9.93. The minimum absolute atomic E-state index is 0.481. The Bertz CT molecular complexity index is 557. The molecule has 4 nitrogen and oxygen atoms in total. The molecule has 2 N–H and O–H groups in total. The number of hydrogen-bond acceptors (Lipinski definition) is 3. The first-order valence-corrected chi connectivity index (χ1v) is 8.15. The van der Waals surface area contributed by atoms with Crippen LogP contribution in [0.15, 0.2) is 18.2 Å². The fraction of sp³-hybridized carbons (Fsp3) is 0.538. The lowest BCUT2D eigenvalue weighted by Gasteiger charge is -2.28. The number of benzene rings is 1. The Morgan fingerprint density at radius 2 is 1.80 bits per heavy atom. The highest BCUT2D eigenvalue weighted by Crippen LogP contribution is 2.20. The van der Waals surface area contributed by atoms with Crippen LogP contribution in [-0.4, -0.2) is 25.7 Å². The van der Waals surface area contributed by atoms with Crippen molar-refractivity contribution in [2.45, 2.75) is 43.6 Å². The molecule has 20 heavy (non-hydrogen) atoms. The highest BCUT2D eigenvalue weighted by Gasteiger charge is 2.28. The third-order valence-corrected chi connectivity index (χ3v) is 4.79.